The van der Waals surface area contributed by atoms with Gasteiger partial charge in [-0.2, -0.15) is 0 Å². The number of benzene rings is 2. The molecule has 1 aliphatic heterocycles. The van der Waals surface area contributed by atoms with Gasteiger partial charge in [0.25, 0.3) is 0 Å². The zero-order chi connectivity index (χ0) is 17.2. The topological polar surface area (TPSA) is 50.7 Å². The third-order valence-electron chi connectivity index (χ3n) is 3.95. The number of fused-ring (bicyclic) bond motifs is 1. The molecule has 0 fully saturated rings. The van der Waals surface area contributed by atoms with Crippen molar-refractivity contribution in [3.8, 4) is 0 Å². The van der Waals surface area contributed by atoms with Crippen LogP contribution in [-0.4, -0.2) is 24.0 Å². The lowest BCUT2D eigenvalue weighted by Gasteiger charge is -2.27. The molecule has 0 bridgehead atoms. The predicted molar refractivity (Wildman–Crippen MR) is 95.4 cm³/mol. The standard InChI is InChI=1S/C20H22N2O2/c1-14-7-6-9-15(11-14)19(23)24-13-20(2,3)22-18-17-10-5-4-8-16(17)12-21-18/h4-11H,12-13H2,1-3H3,(H,21,22). The summed E-state index contributed by atoms with van der Waals surface area (Å²) >= 11 is 0. The van der Waals surface area contributed by atoms with Crippen LogP contribution in [0, 0.1) is 6.92 Å². The van der Waals surface area contributed by atoms with E-state index in [1.807, 2.05) is 51.1 Å². The van der Waals surface area contributed by atoms with E-state index in [0.29, 0.717) is 12.1 Å². The Hall–Kier alpha value is -2.62. The van der Waals surface area contributed by atoms with Crippen molar-refractivity contribution < 1.29 is 9.53 Å². The van der Waals surface area contributed by atoms with E-state index in [1.165, 1.54) is 5.56 Å². The summed E-state index contributed by atoms with van der Waals surface area (Å²) in [5.74, 6) is 0.560. The summed E-state index contributed by atoms with van der Waals surface area (Å²) in [4.78, 5) is 16.7. The molecular formula is C20H22N2O2. The quantitative estimate of drug-likeness (QED) is 0.877. The lowest BCUT2D eigenvalue weighted by atomic mass is 10.0. The van der Waals surface area contributed by atoms with E-state index in [2.05, 4.69) is 22.4 Å². The van der Waals surface area contributed by atoms with Crippen molar-refractivity contribution in [1.29, 1.82) is 0 Å². The number of nitrogens with zero attached hydrogens (tertiary/aromatic N) is 1. The highest BCUT2D eigenvalue weighted by molar-refractivity contribution is 6.02. The summed E-state index contributed by atoms with van der Waals surface area (Å²) in [5, 5.41) is 3.40. The maximum atomic E-state index is 12.2. The summed E-state index contributed by atoms with van der Waals surface area (Å²) in [6, 6.07) is 15.6. The molecule has 1 aliphatic rings. The van der Waals surface area contributed by atoms with Gasteiger partial charge in [-0.3, -0.25) is 4.99 Å². The van der Waals surface area contributed by atoms with E-state index in [1.54, 1.807) is 6.07 Å². The zero-order valence-electron chi connectivity index (χ0n) is 14.3. The van der Waals surface area contributed by atoms with Crippen LogP contribution in [0.5, 0.6) is 0 Å². The van der Waals surface area contributed by atoms with E-state index in [0.717, 1.165) is 17.0 Å². The first kappa shape index (κ1) is 16.2. The number of hydrogen-bond acceptors (Lipinski definition) is 4. The number of aryl methyl sites for hydroxylation is 1. The first-order chi connectivity index (χ1) is 11.4. The van der Waals surface area contributed by atoms with Crippen molar-refractivity contribution in [3.05, 3.63) is 70.8 Å². The van der Waals surface area contributed by atoms with Crippen LogP contribution in [0.4, 0.5) is 0 Å². The highest BCUT2D eigenvalue weighted by atomic mass is 16.5. The number of nitrogens with one attached hydrogen (secondary N) is 1. The first-order valence-electron chi connectivity index (χ1n) is 8.09. The van der Waals surface area contributed by atoms with Gasteiger partial charge in [-0.25, -0.2) is 4.79 Å². The fourth-order valence-electron chi connectivity index (χ4n) is 2.70. The molecule has 124 valence electrons. The van der Waals surface area contributed by atoms with Crippen molar-refractivity contribution in [1.82, 2.24) is 5.32 Å². The van der Waals surface area contributed by atoms with Gasteiger partial charge in [0.1, 0.15) is 12.4 Å². The average molecular weight is 322 g/mol. The highest BCUT2D eigenvalue weighted by Gasteiger charge is 2.25. The van der Waals surface area contributed by atoms with Gasteiger partial charge in [0, 0.05) is 5.56 Å². The Labute approximate surface area is 142 Å². The van der Waals surface area contributed by atoms with Crippen molar-refractivity contribution in [2.24, 2.45) is 4.99 Å². The number of amidine groups is 1. The van der Waals surface area contributed by atoms with E-state index in [4.69, 9.17) is 4.74 Å². The molecule has 0 atom stereocenters. The third-order valence-corrected chi connectivity index (χ3v) is 3.95. The molecule has 2 aromatic carbocycles. The van der Waals surface area contributed by atoms with Gasteiger partial charge < -0.3 is 10.1 Å². The number of carbonyl (C=O) groups excluding carboxylic acids is 1. The normalized spacial score (nSPS) is 13.2. The van der Waals surface area contributed by atoms with E-state index < -0.39 is 5.54 Å². The molecule has 0 spiro atoms. The van der Waals surface area contributed by atoms with Crippen molar-refractivity contribution >= 4 is 11.8 Å². The smallest absolute Gasteiger partial charge is 0.338 e. The summed E-state index contributed by atoms with van der Waals surface area (Å²) in [6.45, 7) is 6.91. The predicted octanol–water partition coefficient (Wildman–Crippen LogP) is 3.48. The Morgan fingerprint density at radius 3 is 2.79 bits per heavy atom. The fourth-order valence-corrected chi connectivity index (χ4v) is 2.70. The number of hydrogen-bond donors (Lipinski definition) is 1. The number of carbonyl (C=O) groups is 1. The van der Waals surface area contributed by atoms with Crippen molar-refractivity contribution in [2.45, 2.75) is 32.9 Å². The molecule has 1 N–H and O–H groups in total. The maximum absolute atomic E-state index is 12.2. The van der Waals surface area contributed by atoms with E-state index in [9.17, 15) is 4.79 Å². The Kier molecular flexibility index (Phi) is 4.38. The summed E-state index contributed by atoms with van der Waals surface area (Å²) in [6.07, 6.45) is 0. The summed E-state index contributed by atoms with van der Waals surface area (Å²) in [5.41, 5.74) is 3.55. The summed E-state index contributed by atoms with van der Waals surface area (Å²) < 4.78 is 5.49. The van der Waals surface area contributed by atoms with Gasteiger partial charge in [0.05, 0.1) is 17.6 Å². The second kappa shape index (κ2) is 6.48. The second-order valence-electron chi connectivity index (χ2n) is 6.78. The van der Waals surface area contributed by atoms with Crippen LogP contribution in [-0.2, 0) is 11.3 Å². The molecule has 1 heterocycles. The van der Waals surface area contributed by atoms with Crippen LogP contribution in [0.1, 0.15) is 40.9 Å². The van der Waals surface area contributed by atoms with Gasteiger partial charge >= 0.3 is 5.97 Å². The molecule has 3 rings (SSSR count). The Morgan fingerprint density at radius 1 is 1.21 bits per heavy atom. The minimum Gasteiger partial charge on any atom is -0.460 e. The van der Waals surface area contributed by atoms with Crippen LogP contribution in [0.15, 0.2) is 53.5 Å². The molecule has 0 saturated heterocycles. The van der Waals surface area contributed by atoms with Crippen LogP contribution in [0.2, 0.25) is 0 Å². The van der Waals surface area contributed by atoms with Crippen LogP contribution < -0.4 is 5.32 Å². The van der Waals surface area contributed by atoms with Gasteiger partial charge in [-0.1, -0.05) is 42.0 Å². The van der Waals surface area contributed by atoms with Gasteiger partial charge in [-0.05, 0) is 38.5 Å². The lowest BCUT2D eigenvalue weighted by molar-refractivity contribution is 0.0417. The minimum atomic E-state index is -0.407. The Bertz CT molecular complexity index is 794. The van der Waals surface area contributed by atoms with Gasteiger partial charge in [-0.15, -0.1) is 0 Å². The number of esters is 1. The number of ether oxygens (including phenoxy) is 1. The average Bonchev–Trinajstić information content (AvgIpc) is 2.95. The number of rotatable bonds is 4. The molecular weight excluding hydrogens is 300 g/mol. The highest BCUT2D eigenvalue weighted by Crippen LogP contribution is 2.19. The molecule has 4 heteroatoms. The van der Waals surface area contributed by atoms with Crippen molar-refractivity contribution in [3.63, 3.8) is 0 Å². The van der Waals surface area contributed by atoms with Crippen molar-refractivity contribution in [2.75, 3.05) is 6.61 Å². The zero-order valence-corrected chi connectivity index (χ0v) is 14.3. The van der Waals surface area contributed by atoms with E-state index in [-0.39, 0.29) is 12.6 Å². The molecule has 0 aromatic heterocycles. The SMILES string of the molecule is Cc1cccc(C(=O)OCC(C)(C)NC2=NCc3ccccc32)c1. The van der Waals surface area contributed by atoms with Gasteiger partial charge in [0.2, 0.25) is 0 Å². The Balaban J connectivity index is 1.62. The molecule has 0 radical (unpaired) electrons. The molecule has 24 heavy (non-hydrogen) atoms. The molecule has 0 amide bonds. The fraction of sp³-hybridized carbons (Fsp3) is 0.300. The first-order valence-corrected chi connectivity index (χ1v) is 8.09. The largest absolute Gasteiger partial charge is 0.460 e. The lowest BCUT2D eigenvalue weighted by Crippen LogP contribution is -2.47. The van der Waals surface area contributed by atoms with Crippen LogP contribution in [0.25, 0.3) is 0 Å². The van der Waals surface area contributed by atoms with Crippen LogP contribution >= 0.6 is 0 Å². The number of aliphatic imine (C=N–C) groups is 1. The van der Waals surface area contributed by atoms with Crippen LogP contribution in [0.3, 0.4) is 0 Å². The molecule has 0 aliphatic carbocycles. The molecule has 0 unspecified atom stereocenters. The molecule has 4 nitrogen and oxygen atoms in total. The van der Waals surface area contributed by atoms with E-state index >= 15 is 0 Å². The minimum absolute atomic E-state index is 0.265. The molecule has 0 saturated carbocycles. The Morgan fingerprint density at radius 2 is 2.00 bits per heavy atom. The maximum Gasteiger partial charge on any atom is 0.338 e. The van der Waals surface area contributed by atoms with Gasteiger partial charge in [0.15, 0.2) is 0 Å². The summed E-state index contributed by atoms with van der Waals surface area (Å²) in [7, 11) is 0. The molecule has 2 aromatic rings. The third kappa shape index (κ3) is 3.65. The monoisotopic (exact) mass is 322 g/mol. The second-order valence-corrected chi connectivity index (χ2v) is 6.78.